The van der Waals surface area contributed by atoms with Gasteiger partial charge in [-0.2, -0.15) is 0 Å². The van der Waals surface area contributed by atoms with Crippen LogP contribution in [0.5, 0.6) is 0 Å². The lowest BCUT2D eigenvalue weighted by atomic mass is 10.2. The Hall–Kier alpha value is -2.49. The van der Waals surface area contributed by atoms with Crippen molar-refractivity contribution in [3.8, 4) is 5.69 Å². The van der Waals surface area contributed by atoms with Gasteiger partial charge in [-0.05, 0) is 42.0 Å². The maximum Gasteiger partial charge on any atom is 0.323 e. The number of tetrazole rings is 1. The third kappa shape index (κ3) is 3.16. The maximum atomic E-state index is 11.9. The number of nitrogens with zero attached hydrogens (tertiary/aromatic N) is 4. The molecule has 112 valence electrons. The molecular formula is C11H13N5O4S. The Kier molecular flexibility index (Phi) is 3.89. The summed E-state index contributed by atoms with van der Waals surface area (Å²) in [6, 6.07) is 4.74. The lowest BCUT2D eigenvalue weighted by Crippen LogP contribution is -2.32. The molecule has 1 unspecified atom stereocenters. The largest absolute Gasteiger partial charge is 0.480 e. The molecule has 0 aliphatic heterocycles. The van der Waals surface area contributed by atoms with E-state index in [0.717, 1.165) is 12.5 Å². The van der Waals surface area contributed by atoms with Crippen LogP contribution >= 0.6 is 0 Å². The van der Waals surface area contributed by atoms with Crippen LogP contribution in [-0.2, 0) is 14.8 Å². The van der Waals surface area contributed by atoms with Gasteiger partial charge < -0.3 is 5.11 Å². The van der Waals surface area contributed by atoms with Crippen molar-refractivity contribution in [1.82, 2.24) is 20.2 Å². The fourth-order valence-corrected chi connectivity index (χ4v) is 2.47. The van der Waals surface area contributed by atoms with Crippen molar-refractivity contribution in [3.05, 3.63) is 30.1 Å². The highest BCUT2D eigenvalue weighted by Crippen LogP contribution is 2.20. The quantitative estimate of drug-likeness (QED) is 0.806. The molecule has 0 radical (unpaired) electrons. The fraction of sp³-hybridized carbons (Fsp3) is 0.273. The zero-order valence-corrected chi connectivity index (χ0v) is 12.1. The van der Waals surface area contributed by atoms with Crippen molar-refractivity contribution in [2.24, 2.45) is 0 Å². The SMILES string of the molecule is Cc1ccc(NS(=O)(=O)C(C)C(=O)O)cc1-n1cnnn1. The minimum atomic E-state index is -4.02. The number of carbonyl (C=O) groups is 1. The molecule has 2 aromatic rings. The molecule has 2 rings (SSSR count). The molecule has 0 amide bonds. The van der Waals surface area contributed by atoms with E-state index in [1.165, 1.54) is 23.1 Å². The number of aryl methyl sites for hydroxylation is 1. The molecule has 1 aromatic carbocycles. The minimum Gasteiger partial charge on any atom is -0.480 e. The van der Waals surface area contributed by atoms with Crippen molar-refractivity contribution in [2.45, 2.75) is 19.1 Å². The molecule has 0 spiro atoms. The summed E-state index contributed by atoms with van der Waals surface area (Å²) in [6.45, 7) is 2.91. The lowest BCUT2D eigenvalue weighted by Gasteiger charge is -2.13. The summed E-state index contributed by atoms with van der Waals surface area (Å²) in [5, 5.41) is 18.0. The molecule has 0 bridgehead atoms. The van der Waals surface area contributed by atoms with E-state index in [9.17, 15) is 13.2 Å². The predicted molar refractivity (Wildman–Crippen MR) is 73.5 cm³/mol. The third-order valence-corrected chi connectivity index (χ3v) is 4.53. The third-order valence-electron chi connectivity index (χ3n) is 2.88. The van der Waals surface area contributed by atoms with E-state index in [0.29, 0.717) is 5.69 Å². The van der Waals surface area contributed by atoms with Crippen LogP contribution in [0.3, 0.4) is 0 Å². The van der Waals surface area contributed by atoms with Crippen LogP contribution in [0, 0.1) is 6.92 Å². The van der Waals surface area contributed by atoms with E-state index < -0.39 is 21.2 Å². The van der Waals surface area contributed by atoms with E-state index in [-0.39, 0.29) is 5.69 Å². The number of anilines is 1. The van der Waals surface area contributed by atoms with Crippen molar-refractivity contribution in [1.29, 1.82) is 0 Å². The van der Waals surface area contributed by atoms with Crippen molar-refractivity contribution < 1.29 is 18.3 Å². The van der Waals surface area contributed by atoms with Crippen LogP contribution in [0.15, 0.2) is 24.5 Å². The van der Waals surface area contributed by atoms with Gasteiger partial charge in [0.25, 0.3) is 0 Å². The van der Waals surface area contributed by atoms with Gasteiger partial charge in [-0.25, -0.2) is 13.1 Å². The summed E-state index contributed by atoms with van der Waals surface area (Å²) in [4.78, 5) is 10.8. The molecule has 0 saturated carbocycles. The molecule has 1 atom stereocenters. The Morgan fingerprint density at radius 3 is 2.71 bits per heavy atom. The van der Waals surface area contributed by atoms with E-state index >= 15 is 0 Å². The average Bonchev–Trinajstić information content (AvgIpc) is 2.93. The van der Waals surface area contributed by atoms with Crippen LogP contribution in [0.4, 0.5) is 5.69 Å². The van der Waals surface area contributed by atoms with Crippen molar-refractivity contribution in [2.75, 3.05) is 4.72 Å². The zero-order chi connectivity index (χ0) is 15.6. The zero-order valence-electron chi connectivity index (χ0n) is 11.3. The number of nitrogens with one attached hydrogen (secondary N) is 1. The summed E-state index contributed by atoms with van der Waals surface area (Å²) in [7, 11) is -4.02. The van der Waals surface area contributed by atoms with Crippen molar-refractivity contribution in [3.63, 3.8) is 0 Å². The number of carboxylic acids is 1. The molecule has 1 aromatic heterocycles. The molecule has 21 heavy (non-hydrogen) atoms. The highest BCUT2D eigenvalue weighted by atomic mass is 32.2. The molecule has 0 aliphatic rings. The molecule has 0 aliphatic carbocycles. The van der Waals surface area contributed by atoms with Gasteiger partial charge in [0.2, 0.25) is 10.0 Å². The van der Waals surface area contributed by atoms with Gasteiger partial charge >= 0.3 is 5.97 Å². The Morgan fingerprint density at radius 2 is 2.14 bits per heavy atom. The first-order valence-electron chi connectivity index (χ1n) is 5.89. The van der Waals surface area contributed by atoms with E-state index in [4.69, 9.17) is 5.11 Å². The predicted octanol–water partition coefficient (Wildman–Crippen LogP) is 0.186. The van der Waals surface area contributed by atoms with Crippen LogP contribution in [0.25, 0.3) is 5.69 Å². The second kappa shape index (κ2) is 5.48. The summed E-state index contributed by atoms with van der Waals surface area (Å²) >= 11 is 0. The highest BCUT2D eigenvalue weighted by molar-refractivity contribution is 7.94. The number of rotatable bonds is 5. The first-order chi connectivity index (χ1) is 9.81. The van der Waals surface area contributed by atoms with Gasteiger partial charge in [-0.15, -0.1) is 5.10 Å². The molecule has 10 heteroatoms. The van der Waals surface area contributed by atoms with Gasteiger partial charge in [0.1, 0.15) is 6.33 Å². The Balaban J connectivity index is 2.35. The number of sulfonamides is 1. The van der Waals surface area contributed by atoms with Crippen LogP contribution in [0.1, 0.15) is 12.5 Å². The molecule has 2 N–H and O–H groups in total. The van der Waals surface area contributed by atoms with E-state index in [1.807, 2.05) is 6.92 Å². The number of aliphatic carboxylic acids is 1. The normalized spacial score (nSPS) is 12.9. The van der Waals surface area contributed by atoms with Gasteiger partial charge in [0, 0.05) is 0 Å². The summed E-state index contributed by atoms with van der Waals surface area (Å²) in [5.74, 6) is -1.42. The summed E-state index contributed by atoms with van der Waals surface area (Å²) in [5.41, 5.74) is 1.65. The second-order valence-corrected chi connectivity index (χ2v) is 6.38. The fourth-order valence-electron chi connectivity index (χ4n) is 1.58. The van der Waals surface area contributed by atoms with E-state index in [2.05, 4.69) is 20.2 Å². The van der Waals surface area contributed by atoms with Gasteiger partial charge in [0.05, 0.1) is 11.4 Å². The number of carboxylic acid groups (broad SMARTS) is 1. The van der Waals surface area contributed by atoms with Crippen LogP contribution < -0.4 is 4.72 Å². The van der Waals surface area contributed by atoms with Gasteiger partial charge in [-0.1, -0.05) is 6.07 Å². The topological polar surface area (TPSA) is 127 Å². The number of hydrogen-bond acceptors (Lipinski definition) is 6. The second-order valence-electron chi connectivity index (χ2n) is 4.38. The summed E-state index contributed by atoms with van der Waals surface area (Å²) < 4.78 is 27.4. The summed E-state index contributed by atoms with van der Waals surface area (Å²) in [6.07, 6.45) is 1.38. The van der Waals surface area contributed by atoms with Crippen LogP contribution in [-0.4, -0.2) is 45.0 Å². The monoisotopic (exact) mass is 311 g/mol. The van der Waals surface area contributed by atoms with Crippen LogP contribution in [0.2, 0.25) is 0 Å². The van der Waals surface area contributed by atoms with Gasteiger partial charge in [0.15, 0.2) is 5.25 Å². The molecule has 0 saturated heterocycles. The Morgan fingerprint density at radius 1 is 1.43 bits per heavy atom. The average molecular weight is 311 g/mol. The maximum absolute atomic E-state index is 11.9. The molecular weight excluding hydrogens is 298 g/mol. The number of hydrogen-bond donors (Lipinski definition) is 2. The number of benzene rings is 1. The smallest absolute Gasteiger partial charge is 0.323 e. The number of aromatic nitrogens is 4. The highest BCUT2D eigenvalue weighted by Gasteiger charge is 2.27. The van der Waals surface area contributed by atoms with E-state index in [1.54, 1.807) is 6.07 Å². The molecule has 1 heterocycles. The lowest BCUT2D eigenvalue weighted by molar-refractivity contribution is -0.136. The minimum absolute atomic E-state index is 0.235. The Labute approximate surface area is 120 Å². The molecule has 9 nitrogen and oxygen atoms in total. The standard InChI is InChI=1S/C11H13N5O4S/c1-7-3-4-9(5-10(7)16-6-12-14-15-16)13-21(19,20)8(2)11(17)18/h3-6,8,13H,1-2H3,(H,17,18). The Bertz CT molecular complexity index is 757. The first-order valence-corrected chi connectivity index (χ1v) is 7.44. The first kappa shape index (κ1) is 14.9. The van der Waals surface area contributed by atoms with Gasteiger partial charge in [-0.3, -0.25) is 9.52 Å². The van der Waals surface area contributed by atoms with Crippen molar-refractivity contribution >= 4 is 21.7 Å². The molecule has 0 fully saturated rings.